The first-order chi connectivity index (χ1) is 25.6. The van der Waals surface area contributed by atoms with E-state index in [1.54, 1.807) is 54.6 Å². The van der Waals surface area contributed by atoms with Gasteiger partial charge in [-0.25, -0.2) is 13.6 Å². The Labute approximate surface area is 312 Å². The Morgan fingerprint density at radius 1 is 0.604 bits per heavy atom. The summed E-state index contributed by atoms with van der Waals surface area (Å²) in [5, 5.41) is 13.0. The zero-order valence-electron chi connectivity index (χ0n) is 28.2. The summed E-state index contributed by atoms with van der Waals surface area (Å²) in [6.07, 6.45) is 1.63. The van der Waals surface area contributed by atoms with Crippen LogP contribution >= 0.6 is 11.8 Å². The lowest BCUT2D eigenvalue weighted by Crippen LogP contribution is -2.30. The summed E-state index contributed by atoms with van der Waals surface area (Å²) in [4.78, 5) is 41.0. The van der Waals surface area contributed by atoms with E-state index in [1.165, 1.54) is 36.0 Å². The molecule has 9 nitrogen and oxygen atoms in total. The zero-order valence-corrected chi connectivity index (χ0v) is 29.8. The molecule has 0 aliphatic heterocycles. The fourth-order valence-electron chi connectivity index (χ4n) is 5.30. The molecule has 6 aromatic carbocycles. The van der Waals surface area contributed by atoms with Gasteiger partial charge in [0, 0.05) is 21.8 Å². The number of sulfonamides is 1. The second kappa shape index (κ2) is 16.8. The van der Waals surface area contributed by atoms with Crippen molar-refractivity contribution in [3.63, 3.8) is 0 Å². The van der Waals surface area contributed by atoms with Gasteiger partial charge < -0.3 is 16.0 Å². The average Bonchev–Trinajstić information content (AvgIpc) is 3.18. The van der Waals surface area contributed by atoms with Gasteiger partial charge in [-0.15, -0.1) is 11.8 Å². The van der Waals surface area contributed by atoms with Crippen LogP contribution in [0.5, 0.6) is 0 Å². The van der Waals surface area contributed by atoms with Gasteiger partial charge in [-0.3, -0.25) is 14.4 Å². The molecule has 11 heteroatoms. The molecule has 6 rings (SSSR count). The maximum Gasteiger partial charge on any atom is 0.272 e. The minimum Gasteiger partial charge on any atom is -0.325 e. The van der Waals surface area contributed by atoms with E-state index in [-0.39, 0.29) is 16.5 Å². The molecule has 0 saturated heterocycles. The van der Waals surface area contributed by atoms with Crippen molar-refractivity contribution >= 4 is 57.0 Å². The molecule has 53 heavy (non-hydrogen) atoms. The third-order valence-electron chi connectivity index (χ3n) is 8.01. The largest absolute Gasteiger partial charge is 0.325 e. The minimum absolute atomic E-state index is 0.0580. The Hall–Kier alpha value is -6.27. The molecule has 3 amide bonds. The predicted octanol–water partition coefficient (Wildman–Crippen LogP) is 7.88. The van der Waals surface area contributed by atoms with Crippen LogP contribution in [0.15, 0.2) is 179 Å². The predicted molar refractivity (Wildman–Crippen MR) is 210 cm³/mol. The molecule has 0 heterocycles. The minimum atomic E-state index is -3.87. The SMILES string of the molecule is NS(=O)(=O)c1ccc(NC(=O)C(Sc2ccc(NC(=O)/C(=C/c3ccc(-c4ccccc4)cc3)NC(=O)c3ccccc3)cc2)c2ccccc2)cc1. The Kier molecular flexibility index (Phi) is 11.6. The van der Waals surface area contributed by atoms with Gasteiger partial charge >= 0.3 is 0 Å². The summed E-state index contributed by atoms with van der Waals surface area (Å²) < 4.78 is 23.3. The van der Waals surface area contributed by atoms with Crippen LogP contribution in [0.1, 0.15) is 26.7 Å². The number of hydrogen-bond donors (Lipinski definition) is 4. The molecule has 1 unspecified atom stereocenters. The van der Waals surface area contributed by atoms with Gasteiger partial charge in [-0.2, -0.15) is 0 Å². The van der Waals surface area contributed by atoms with E-state index in [1.807, 2.05) is 91.0 Å². The van der Waals surface area contributed by atoms with Crippen LogP contribution in [-0.4, -0.2) is 26.1 Å². The quantitative estimate of drug-likeness (QED) is 0.0742. The van der Waals surface area contributed by atoms with Crippen molar-refractivity contribution in [2.45, 2.75) is 15.0 Å². The molecule has 0 fully saturated rings. The summed E-state index contributed by atoms with van der Waals surface area (Å²) in [7, 11) is -3.87. The van der Waals surface area contributed by atoms with Crippen LogP contribution in [0.3, 0.4) is 0 Å². The number of benzene rings is 6. The molecule has 0 bridgehead atoms. The fourth-order valence-corrected chi connectivity index (χ4v) is 6.84. The highest BCUT2D eigenvalue weighted by atomic mass is 32.2. The molecule has 0 aliphatic rings. The van der Waals surface area contributed by atoms with Crippen LogP contribution in [-0.2, 0) is 19.6 Å². The Morgan fingerprint density at radius 3 is 1.74 bits per heavy atom. The van der Waals surface area contributed by atoms with Crippen LogP contribution in [0.4, 0.5) is 11.4 Å². The summed E-state index contributed by atoms with van der Waals surface area (Å²) in [5.74, 6) is -1.26. The van der Waals surface area contributed by atoms with Gasteiger partial charge in [0.05, 0.1) is 4.90 Å². The molecule has 1 atom stereocenters. The Balaban J connectivity index is 1.19. The third kappa shape index (κ3) is 9.95. The first-order valence-corrected chi connectivity index (χ1v) is 18.9. The Bertz CT molecular complexity index is 2340. The Morgan fingerprint density at radius 2 is 1.13 bits per heavy atom. The van der Waals surface area contributed by atoms with E-state index in [0.29, 0.717) is 16.9 Å². The summed E-state index contributed by atoms with van der Waals surface area (Å²) in [6.45, 7) is 0. The topological polar surface area (TPSA) is 147 Å². The van der Waals surface area contributed by atoms with Gasteiger partial charge in [0.15, 0.2) is 0 Å². The third-order valence-corrected chi connectivity index (χ3v) is 10.2. The molecule has 0 aromatic heterocycles. The second-order valence-corrected chi connectivity index (χ2v) is 14.6. The highest BCUT2D eigenvalue weighted by molar-refractivity contribution is 8.00. The van der Waals surface area contributed by atoms with Gasteiger partial charge in [-0.1, -0.05) is 103 Å². The second-order valence-electron chi connectivity index (χ2n) is 11.8. The van der Waals surface area contributed by atoms with Gasteiger partial charge in [0.1, 0.15) is 10.9 Å². The number of carbonyl (C=O) groups excluding carboxylic acids is 3. The normalized spacial score (nSPS) is 12.0. The molecule has 6 aromatic rings. The molecule has 0 radical (unpaired) electrons. The first-order valence-electron chi connectivity index (χ1n) is 16.4. The molecule has 0 aliphatic carbocycles. The molecule has 5 N–H and O–H groups in total. The summed E-state index contributed by atoms with van der Waals surface area (Å²) >= 11 is 1.31. The number of rotatable bonds is 12. The first kappa shape index (κ1) is 36.5. The van der Waals surface area contributed by atoms with Crippen molar-refractivity contribution < 1.29 is 22.8 Å². The van der Waals surface area contributed by atoms with Crippen molar-refractivity contribution in [2.24, 2.45) is 5.14 Å². The number of hydrogen-bond acceptors (Lipinski definition) is 6. The standard InChI is InChI=1S/C42H34N4O5S2/c43-53(50,51)37-26-22-35(23-27-37)45-42(49)39(32-12-6-2-7-13-32)52-36-24-20-34(21-25-36)44-41(48)38(46-40(47)33-14-8-3-9-15-33)28-29-16-18-31(19-17-29)30-10-4-1-5-11-30/h1-28,39H,(H,44,48)(H,45,49)(H,46,47)(H2,43,50,51)/b38-28-. The zero-order chi connectivity index (χ0) is 37.2. The van der Waals surface area contributed by atoms with Crippen LogP contribution in [0, 0.1) is 0 Å². The monoisotopic (exact) mass is 738 g/mol. The number of nitrogens with one attached hydrogen (secondary N) is 3. The smallest absolute Gasteiger partial charge is 0.272 e. The highest BCUT2D eigenvalue weighted by Gasteiger charge is 2.23. The van der Waals surface area contributed by atoms with Gasteiger partial charge in [-0.05, 0) is 89.0 Å². The van der Waals surface area contributed by atoms with Crippen molar-refractivity contribution in [1.29, 1.82) is 0 Å². The maximum atomic E-state index is 13.7. The molecular formula is C42H34N4O5S2. The summed E-state index contributed by atoms with van der Waals surface area (Å²) in [5.41, 5.74) is 4.92. The van der Waals surface area contributed by atoms with Crippen LogP contribution < -0.4 is 21.1 Å². The maximum absolute atomic E-state index is 13.7. The van der Waals surface area contributed by atoms with Crippen LogP contribution in [0.2, 0.25) is 0 Å². The van der Waals surface area contributed by atoms with Crippen LogP contribution in [0.25, 0.3) is 17.2 Å². The van der Waals surface area contributed by atoms with Crippen molar-refractivity contribution in [1.82, 2.24) is 5.32 Å². The van der Waals surface area contributed by atoms with E-state index in [2.05, 4.69) is 16.0 Å². The van der Waals surface area contributed by atoms with Crippen molar-refractivity contribution in [3.8, 4) is 11.1 Å². The van der Waals surface area contributed by atoms with E-state index >= 15 is 0 Å². The average molecular weight is 739 g/mol. The molecule has 0 spiro atoms. The number of carbonyl (C=O) groups is 3. The molecular weight excluding hydrogens is 705 g/mol. The molecule has 264 valence electrons. The lowest BCUT2D eigenvalue weighted by molar-refractivity contribution is -0.116. The number of primary sulfonamides is 1. The van der Waals surface area contributed by atoms with Gasteiger partial charge in [0.25, 0.3) is 11.8 Å². The van der Waals surface area contributed by atoms with Gasteiger partial charge in [0.2, 0.25) is 15.9 Å². The number of nitrogens with two attached hydrogens (primary N) is 1. The highest BCUT2D eigenvalue weighted by Crippen LogP contribution is 2.37. The lowest BCUT2D eigenvalue weighted by Gasteiger charge is -2.18. The van der Waals surface area contributed by atoms with E-state index < -0.39 is 27.1 Å². The number of amides is 3. The van der Waals surface area contributed by atoms with Crippen molar-refractivity contribution in [2.75, 3.05) is 10.6 Å². The number of anilines is 2. The molecule has 0 saturated carbocycles. The van der Waals surface area contributed by atoms with Crippen molar-refractivity contribution in [3.05, 3.63) is 186 Å². The fraction of sp³-hybridized carbons (Fsp3) is 0.0238. The summed E-state index contributed by atoms with van der Waals surface area (Å²) in [6, 6.07) is 48.1. The van der Waals surface area contributed by atoms with E-state index in [4.69, 9.17) is 5.14 Å². The lowest BCUT2D eigenvalue weighted by atomic mass is 10.0. The van der Waals surface area contributed by atoms with E-state index in [0.717, 1.165) is 27.1 Å². The number of thioether (sulfide) groups is 1. The van der Waals surface area contributed by atoms with E-state index in [9.17, 15) is 22.8 Å².